The number of aliphatic carboxylic acids is 1. The first-order chi connectivity index (χ1) is 11.9. The number of sulfone groups is 1. The molecule has 0 spiro atoms. The number of carboxylic acid groups (broad SMARTS) is 1. The molecule has 0 heterocycles. The second-order valence-electron chi connectivity index (χ2n) is 5.16. The van der Waals surface area contributed by atoms with Crippen LogP contribution in [0.15, 0.2) is 29.2 Å². The third-order valence-corrected chi connectivity index (χ3v) is 5.62. The van der Waals surface area contributed by atoms with Gasteiger partial charge in [0, 0.05) is 6.54 Å². The Morgan fingerprint density at radius 1 is 1.24 bits per heavy atom. The van der Waals surface area contributed by atoms with Crippen LogP contribution in [0.4, 0.5) is 0 Å². The molecule has 0 aromatic heterocycles. The van der Waals surface area contributed by atoms with Crippen LogP contribution in [-0.2, 0) is 14.6 Å². The van der Waals surface area contributed by atoms with Crippen molar-refractivity contribution >= 4 is 15.8 Å². The van der Waals surface area contributed by atoms with E-state index in [1.54, 1.807) is 6.07 Å². The van der Waals surface area contributed by atoms with Crippen LogP contribution >= 0.6 is 0 Å². The molecule has 144 valence electrons. The molecule has 1 atom stereocenters. The second kappa shape index (κ2) is 12.6. The molecule has 0 fully saturated rings. The zero-order chi connectivity index (χ0) is 19.3. The zero-order valence-electron chi connectivity index (χ0n) is 14.1. The molecule has 0 amide bonds. The summed E-state index contributed by atoms with van der Waals surface area (Å²) in [7, 11) is -2.54. The number of hydrogen-bond acceptors (Lipinski definition) is 8. The van der Waals surface area contributed by atoms with Gasteiger partial charge in [-0.05, 0) is 31.0 Å². The molecule has 0 saturated heterocycles. The van der Waals surface area contributed by atoms with Crippen LogP contribution in [0.5, 0.6) is 5.75 Å². The number of hydrogen-bond donors (Lipinski definition) is 5. The molecule has 0 aliphatic heterocycles. The lowest BCUT2D eigenvalue weighted by Crippen LogP contribution is -2.30. The van der Waals surface area contributed by atoms with Crippen LogP contribution in [0.25, 0.3) is 0 Å². The molecule has 1 unspecified atom stereocenters. The third-order valence-electron chi connectivity index (χ3n) is 3.52. The predicted octanol–water partition coefficient (Wildman–Crippen LogP) is 1.19. The van der Waals surface area contributed by atoms with Gasteiger partial charge in [0.2, 0.25) is 0 Å². The van der Waals surface area contributed by atoms with Gasteiger partial charge in [-0.3, -0.25) is 4.79 Å². The van der Waals surface area contributed by atoms with E-state index >= 15 is 0 Å². The van der Waals surface area contributed by atoms with E-state index < -0.39 is 21.1 Å². The van der Waals surface area contributed by atoms with Crippen LogP contribution in [0, 0.1) is 0 Å². The highest BCUT2D eigenvalue weighted by Crippen LogP contribution is 2.24. The van der Waals surface area contributed by atoms with Crippen LogP contribution in [0.1, 0.15) is 32.1 Å². The lowest BCUT2D eigenvalue weighted by Gasteiger charge is -2.14. The molecule has 10 heteroatoms. The van der Waals surface area contributed by atoms with Crippen LogP contribution in [0.3, 0.4) is 0 Å². The highest BCUT2D eigenvalue weighted by Gasteiger charge is 2.33. The quantitative estimate of drug-likeness (QED) is 0.281. The van der Waals surface area contributed by atoms with Gasteiger partial charge >= 0.3 is 5.97 Å². The van der Waals surface area contributed by atoms with Gasteiger partial charge in [-0.2, -0.15) is 0 Å². The zero-order valence-corrected chi connectivity index (χ0v) is 14.9. The first kappa shape index (κ1) is 23.3. The van der Waals surface area contributed by atoms with Crippen molar-refractivity contribution in [3.63, 3.8) is 0 Å². The summed E-state index contributed by atoms with van der Waals surface area (Å²) in [5.41, 5.74) is 2.04. The Hall–Kier alpha value is -1.72. The fourth-order valence-corrected chi connectivity index (χ4v) is 3.86. The summed E-state index contributed by atoms with van der Waals surface area (Å²) in [6.45, 7) is 0.463. The lowest BCUT2D eigenvalue weighted by molar-refractivity contribution is -0.136. The smallest absolute Gasteiger partial charge is 0.322 e. The maximum absolute atomic E-state index is 12.5. The molecule has 25 heavy (non-hydrogen) atoms. The van der Waals surface area contributed by atoms with Gasteiger partial charge in [-0.15, -0.1) is 0 Å². The van der Waals surface area contributed by atoms with Crippen LogP contribution in [-0.4, -0.2) is 48.8 Å². The van der Waals surface area contributed by atoms with Crippen LogP contribution in [0.2, 0.25) is 0 Å². The van der Waals surface area contributed by atoms with Crippen molar-refractivity contribution in [2.24, 2.45) is 5.90 Å². The number of ether oxygens (including phenoxy) is 1. The predicted molar refractivity (Wildman–Crippen MR) is 90.5 cm³/mol. The van der Waals surface area contributed by atoms with Gasteiger partial charge in [-0.25, -0.2) is 19.8 Å². The summed E-state index contributed by atoms with van der Waals surface area (Å²) in [6, 6.07) is 5.83. The number of nitrogens with two attached hydrogens (primary N) is 1. The van der Waals surface area contributed by atoms with Crippen molar-refractivity contribution in [1.82, 2.24) is 5.48 Å². The van der Waals surface area contributed by atoms with E-state index in [1.165, 1.54) is 25.3 Å². The maximum Gasteiger partial charge on any atom is 0.322 e. The molecule has 1 aromatic rings. The van der Waals surface area contributed by atoms with Crippen molar-refractivity contribution in [3.8, 4) is 5.75 Å². The number of unbranched alkanes of at least 4 members (excludes halogenated alkanes) is 3. The standard InChI is InChI=1S/C15H23NO6S.H3NO/c1-22-12-7-6-8-13(11-12)23(20,21)14(15(17)18)9-4-2-3-5-10-16-19;1-2/h6-8,11,14,16,19H,2-5,9-10H2,1H3,(H,17,18);2H,1H2. The summed E-state index contributed by atoms with van der Waals surface area (Å²) < 4.78 is 30.0. The van der Waals surface area contributed by atoms with E-state index in [0.717, 1.165) is 12.8 Å². The fourth-order valence-electron chi connectivity index (χ4n) is 2.24. The fraction of sp³-hybridized carbons (Fsp3) is 0.533. The summed E-state index contributed by atoms with van der Waals surface area (Å²) in [5.74, 6) is 2.52. The van der Waals surface area contributed by atoms with Crippen molar-refractivity contribution in [3.05, 3.63) is 24.3 Å². The molecule has 9 nitrogen and oxygen atoms in total. The van der Waals surface area contributed by atoms with Gasteiger partial charge in [0.15, 0.2) is 15.1 Å². The Labute approximate surface area is 147 Å². The van der Waals surface area contributed by atoms with E-state index in [-0.39, 0.29) is 11.3 Å². The maximum atomic E-state index is 12.5. The molecule has 1 rings (SSSR count). The van der Waals surface area contributed by atoms with E-state index in [2.05, 4.69) is 5.90 Å². The summed E-state index contributed by atoms with van der Waals surface area (Å²) in [5, 5.41) is 22.8. The summed E-state index contributed by atoms with van der Waals surface area (Å²) in [6.07, 6.45) is 2.79. The van der Waals surface area contributed by atoms with Crippen molar-refractivity contribution in [1.29, 1.82) is 0 Å². The van der Waals surface area contributed by atoms with Gasteiger partial charge in [0.1, 0.15) is 5.75 Å². The molecule has 1 aromatic carbocycles. The number of hydroxylamine groups is 1. The Morgan fingerprint density at radius 2 is 1.88 bits per heavy atom. The van der Waals surface area contributed by atoms with Gasteiger partial charge in [0.05, 0.1) is 12.0 Å². The largest absolute Gasteiger partial charge is 0.497 e. The molecule has 0 aliphatic carbocycles. The molecule has 0 bridgehead atoms. The number of nitrogens with one attached hydrogen (secondary N) is 1. The minimum Gasteiger partial charge on any atom is -0.497 e. The Bertz CT molecular complexity index is 608. The average Bonchev–Trinajstić information content (AvgIpc) is 2.62. The Morgan fingerprint density at radius 3 is 2.44 bits per heavy atom. The number of benzene rings is 1. The minimum atomic E-state index is -3.96. The molecule has 6 N–H and O–H groups in total. The van der Waals surface area contributed by atoms with Gasteiger partial charge in [0.25, 0.3) is 0 Å². The topological polar surface area (TPSA) is 159 Å². The number of carboxylic acids is 1. The minimum absolute atomic E-state index is 0.0475. The van der Waals surface area contributed by atoms with Crippen molar-refractivity contribution < 1.29 is 33.5 Å². The molecular formula is C15H26N2O7S. The van der Waals surface area contributed by atoms with E-state index in [1.807, 2.05) is 5.48 Å². The van der Waals surface area contributed by atoms with E-state index in [9.17, 15) is 18.3 Å². The van der Waals surface area contributed by atoms with E-state index in [4.69, 9.17) is 15.2 Å². The first-order valence-electron chi connectivity index (χ1n) is 7.67. The highest BCUT2D eigenvalue weighted by atomic mass is 32.2. The number of carbonyl (C=O) groups is 1. The van der Waals surface area contributed by atoms with E-state index in [0.29, 0.717) is 25.1 Å². The summed E-state index contributed by atoms with van der Waals surface area (Å²) >= 11 is 0. The average molecular weight is 378 g/mol. The third kappa shape index (κ3) is 7.80. The SMILES string of the molecule is COc1cccc(S(=O)(=O)C(CCCCCCNO)C(=O)O)c1.NO. The lowest BCUT2D eigenvalue weighted by atomic mass is 10.1. The second-order valence-corrected chi connectivity index (χ2v) is 7.29. The molecule has 0 saturated carbocycles. The number of rotatable bonds is 11. The molecular weight excluding hydrogens is 352 g/mol. The van der Waals surface area contributed by atoms with Gasteiger partial charge < -0.3 is 20.3 Å². The summed E-state index contributed by atoms with van der Waals surface area (Å²) in [4.78, 5) is 11.3. The molecule has 0 radical (unpaired) electrons. The monoisotopic (exact) mass is 378 g/mol. The normalized spacial score (nSPS) is 12.0. The number of methoxy groups -OCH3 is 1. The Balaban J connectivity index is 0.00000277. The molecule has 0 aliphatic rings. The first-order valence-corrected chi connectivity index (χ1v) is 9.21. The highest BCUT2D eigenvalue weighted by molar-refractivity contribution is 7.92. The Kier molecular flexibility index (Phi) is 11.7. The van der Waals surface area contributed by atoms with Crippen LogP contribution < -0.4 is 16.1 Å². The van der Waals surface area contributed by atoms with Gasteiger partial charge in [-0.1, -0.05) is 25.3 Å². The van der Waals surface area contributed by atoms with Crippen molar-refractivity contribution in [2.45, 2.75) is 42.2 Å². The van der Waals surface area contributed by atoms with Crippen molar-refractivity contribution in [2.75, 3.05) is 13.7 Å².